The number of amides is 1. The number of aryl methyl sites for hydroxylation is 1. The molecule has 3 N–H and O–H groups in total. The van der Waals surface area contributed by atoms with E-state index in [0.29, 0.717) is 21.3 Å². The van der Waals surface area contributed by atoms with Crippen LogP contribution in [-0.4, -0.2) is 22.4 Å². The molecule has 1 amide bonds. The summed E-state index contributed by atoms with van der Waals surface area (Å²) in [5, 5.41) is 7.69. The zero-order valence-corrected chi connectivity index (χ0v) is 13.4. The van der Waals surface area contributed by atoms with Gasteiger partial charge in [-0.1, -0.05) is 11.3 Å². The molecule has 6 nitrogen and oxygen atoms in total. The van der Waals surface area contributed by atoms with Gasteiger partial charge in [0.05, 0.1) is 22.3 Å². The second kappa shape index (κ2) is 5.61. The fraction of sp³-hybridized carbons (Fsp3) is 0.118. The summed E-state index contributed by atoms with van der Waals surface area (Å²) in [6.45, 7) is 0. The van der Waals surface area contributed by atoms with Gasteiger partial charge in [0.25, 0.3) is 5.91 Å². The maximum Gasteiger partial charge on any atom is 0.259 e. The molecule has 0 spiro atoms. The average Bonchev–Trinajstić information content (AvgIpc) is 3.19. The molecule has 0 radical (unpaired) electrons. The van der Waals surface area contributed by atoms with Crippen LogP contribution < -0.4 is 10.5 Å². The van der Waals surface area contributed by atoms with Crippen molar-refractivity contribution < 1.29 is 14.3 Å². The van der Waals surface area contributed by atoms with Crippen LogP contribution in [0.5, 0.6) is 10.8 Å². The molecular formula is C17H13N3O3S. The van der Waals surface area contributed by atoms with Crippen LogP contribution in [0.25, 0.3) is 11.3 Å². The molecule has 0 aliphatic heterocycles. The van der Waals surface area contributed by atoms with E-state index < -0.39 is 5.91 Å². The van der Waals surface area contributed by atoms with Crippen molar-refractivity contribution in [2.75, 3.05) is 0 Å². The van der Waals surface area contributed by atoms with E-state index in [0.717, 1.165) is 41.5 Å². The van der Waals surface area contributed by atoms with Crippen LogP contribution in [-0.2, 0) is 12.8 Å². The number of nitrogens with one attached hydrogen (secondary N) is 1. The third kappa shape index (κ3) is 2.30. The van der Waals surface area contributed by atoms with Gasteiger partial charge in [-0.3, -0.25) is 14.7 Å². The van der Waals surface area contributed by atoms with Crippen LogP contribution in [0.1, 0.15) is 31.2 Å². The highest BCUT2D eigenvalue weighted by molar-refractivity contribution is 7.16. The molecule has 0 saturated carbocycles. The molecule has 2 aromatic heterocycles. The Morgan fingerprint density at radius 2 is 2.08 bits per heavy atom. The lowest BCUT2D eigenvalue weighted by molar-refractivity contribution is 0.100. The molecule has 0 atom stereocenters. The number of rotatable bonds is 4. The van der Waals surface area contributed by atoms with Crippen molar-refractivity contribution in [2.24, 2.45) is 5.73 Å². The van der Waals surface area contributed by atoms with Crippen LogP contribution in [0.2, 0.25) is 0 Å². The van der Waals surface area contributed by atoms with E-state index in [9.17, 15) is 9.59 Å². The fourth-order valence-corrected chi connectivity index (χ4v) is 3.98. The quantitative estimate of drug-likeness (QED) is 0.714. The van der Waals surface area contributed by atoms with Gasteiger partial charge in [0.1, 0.15) is 12.0 Å². The van der Waals surface area contributed by atoms with Crippen molar-refractivity contribution in [3.05, 3.63) is 52.0 Å². The van der Waals surface area contributed by atoms with Gasteiger partial charge in [0.2, 0.25) is 0 Å². The Labute approximate surface area is 141 Å². The number of aromatic amines is 1. The summed E-state index contributed by atoms with van der Waals surface area (Å²) < 4.78 is 5.98. The van der Waals surface area contributed by atoms with Gasteiger partial charge in [-0.25, -0.2) is 0 Å². The third-order valence-corrected chi connectivity index (χ3v) is 5.16. The maximum atomic E-state index is 11.8. The lowest BCUT2D eigenvalue weighted by Crippen LogP contribution is -2.13. The molecule has 4 rings (SSSR count). The predicted molar refractivity (Wildman–Crippen MR) is 89.7 cm³/mol. The first-order valence-electron chi connectivity index (χ1n) is 7.38. The van der Waals surface area contributed by atoms with E-state index in [1.807, 2.05) is 0 Å². The molecule has 1 aliphatic carbocycles. The number of thiophene rings is 1. The minimum Gasteiger partial charge on any atom is -0.446 e. The Kier molecular flexibility index (Phi) is 3.42. The van der Waals surface area contributed by atoms with Gasteiger partial charge >= 0.3 is 0 Å². The Balaban J connectivity index is 1.81. The molecule has 1 aromatic carbocycles. The van der Waals surface area contributed by atoms with E-state index in [1.165, 1.54) is 11.3 Å². The second-order valence-corrected chi connectivity index (χ2v) is 6.48. The summed E-state index contributed by atoms with van der Waals surface area (Å²) >= 11 is 1.24. The summed E-state index contributed by atoms with van der Waals surface area (Å²) in [5.41, 5.74) is 9.83. The fourth-order valence-electron chi connectivity index (χ4n) is 2.90. The summed E-state index contributed by atoms with van der Waals surface area (Å²) in [6, 6.07) is 6.80. The van der Waals surface area contributed by atoms with Gasteiger partial charge in [-0.2, -0.15) is 5.10 Å². The maximum absolute atomic E-state index is 11.8. The predicted octanol–water partition coefficient (Wildman–Crippen LogP) is 2.94. The number of nitrogens with zero attached hydrogens (tertiary/aromatic N) is 1. The Hall–Kier alpha value is -2.93. The lowest BCUT2D eigenvalue weighted by atomic mass is 9.92. The number of carbonyl (C=O) groups excluding carboxylic acids is 2. The van der Waals surface area contributed by atoms with E-state index in [1.54, 1.807) is 30.5 Å². The second-order valence-electron chi connectivity index (χ2n) is 5.50. The summed E-state index contributed by atoms with van der Waals surface area (Å²) in [6.07, 6.45) is 4.11. The average molecular weight is 339 g/mol. The Morgan fingerprint density at radius 1 is 1.29 bits per heavy atom. The van der Waals surface area contributed by atoms with Crippen LogP contribution in [0.4, 0.5) is 0 Å². The molecule has 0 saturated heterocycles. The number of benzene rings is 1. The van der Waals surface area contributed by atoms with E-state index in [-0.39, 0.29) is 0 Å². The highest BCUT2D eigenvalue weighted by atomic mass is 32.1. The summed E-state index contributed by atoms with van der Waals surface area (Å²) in [4.78, 5) is 23.1. The van der Waals surface area contributed by atoms with Crippen molar-refractivity contribution in [2.45, 2.75) is 12.8 Å². The minimum atomic E-state index is -0.453. The first-order valence-corrected chi connectivity index (χ1v) is 8.20. The topological polar surface area (TPSA) is 98.1 Å². The lowest BCUT2D eigenvalue weighted by Gasteiger charge is -2.14. The van der Waals surface area contributed by atoms with Crippen molar-refractivity contribution in [3.63, 3.8) is 0 Å². The molecule has 24 heavy (non-hydrogen) atoms. The number of hydrogen-bond acceptors (Lipinski definition) is 5. The molecule has 1 aliphatic rings. The number of primary amides is 1. The van der Waals surface area contributed by atoms with E-state index in [4.69, 9.17) is 10.5 Å². The van der Waals surface area contributed by atoms with Crippen molar-refractivity contribution in [3.8, 4) is 22.1 Å². The minimum absolute atomic E-state index is 0.453. The highest BCUT2D eigenvalue weighted by Crippen LogP contribution is 2.47. The molecule has 2 heterocycles. The molecule has 120 valence electrons. The van der Waals surface area contributed by atoms with Gasteiger partial charge in [-0.15, -0.1) is 0 Å². The zero-order chi connectivity index (χ0) is 16.7. The van der Waals surface area contributed by atoms with E-state index >= 15 is 0 Å². The molecule has 0 unspecified atom stereocenters. The zero-order valence-electron chi connectivity index (χ0n) is 12.5. The molecule has 0 bridgehead atoms. The number of aldehydes is 1. The van der Waals surface area contributed by atoms with Gasteiger partial charge in [0.15, 0.2) is 5.06 Å². The van der Waals surface area contributed by atoms with Crippen molar-refractivity contribution in [1.82, 2.24) is 10.2 Å². The number of hydrogen-bond donors (Lipinski definition) is 2. The smallest absolute Gasteiger partial charge is 0.259 e. The highest BCUT2D eigenvalue weighted by Gasteiger charge is 2.29. The van der Waals surface area contributed by atoms with Gasteiger partial charge in [-0.05, 0) is 48.2 Å². The largest absolute Gasteiger partial charge is 0.446 e. The summed E-state index contributed by atoms with van der Waals surface area (Å²) in [7, 11) is 0. The monoisotopic (exact) mass is 339 g/mol. The molecular weight excluding hydrogens is 326 g/mol. The van der Waals surface area contributed by atoms with Crippen molar-refractivity contribution >= 4 is 23.5 Å². The number of carbonyl (C=O) groups is 2. The Bertz CT molecular complexity index is 941. The molecule has 0 fully saturated rings. The SMILES string of the molecule is NC(=O)c1sc(Oc2ccc(C=O)cc2)c2c1CCc1cn[nH]c1-2. The van der Waals surface area contributed by atoms with Crippen LogP contribution >= 0.6 is 11.3 Å². The number of fused-ring (bicyclic) bond motifs is 3. The third-order valence-electron chi connectivity index (χ3n) is 4.04. The van der Waals surface area contributed by atoms with Crippen molar-refractivity contribution in [1.29, 1.82) is 0 Å². The summed E-state index contributed by atoms with van der Waals surface area (Å²) in [5.74, 6) is 0.137. The Morgan fingerprint density at radius 3 is 2.79 bits per heavy atom. The standard InChI is InChI=1S/C17H13N3O3S/c18-16(22)15-12-6-3-10-7-19-20-14(10)13(12)17(24-15)23-11-4-1-9(8-21)2-5-11/h1-2,4-5,7-8H,3,6H2,(H2,18,22)(H,19,20). The van der Waals surface area contributed by atoms with Crippen LogP contribution in [0, 0.1) is 0 Å². The molecule has 7 heteroatoms. The first-order chi connectivity index (χ1) is 11.7. The van der Waals surface area contributed by atoms with Crippen LogP contribution in [0.15, 0.2) is 30.5 Å². The van der Waals surface area contributed by atoms with Gasteiger partial charge in [0, 0.05) is 5.56 Å². The number of ether oxygens (including phenoxy) is 1. The van der Waals surface area contributed by atoms with Gasteiger partial charge < -0.3 is 10.5 Å². The van der Waals surface area contributed by atoms with E-state index in [2.05, 4.69) is 10.2 Å². The first kappa shape index (κ1) is 14.6. The number of aromatic nitrogens is 2. The number of nitrogens with two attached hydrogens (primary N) is 1. The normalized spacial score (nSPS) is 12.3. The van der Waals surface area contributed by atoms with Crippen LogP contribution in [0.3, 0.4) is 0 Å². The number of H-pyrrole nitrogens is 1. The molecule has 3 aromatic rings.